The van der Waals surface area contributed by atoms with E-state index >= 15 is 0 Å². The first kappa shape index (κ1) is 14.3. The van der Waals surface area contributed by atoms with Gasteiger partial charge in [-0.3, -0.25) is 0 Å². The third-order valence-corrected chi connectivity index (χ3v) is 3.96. The summed E-state index contributed by atoms with van der Waals surface area (Å²) >= 11 is 0. The molecular formula is C17H23N3O. The van der Waals surface area contributed by atoms with Crippen molar-refractivity contribution >= 4 is 0 Å². The molecule has 1 aliphatic carbocycles. The van der Waals surface area contributed by atoms with Crippen LogP contribution in [-0.2, 0) is 19.3 Å². The summed E-state index contributed by atoms with van der Waals surface area (Å²) in [5.74, 6) is 1.52. The Morgan fingerprint density at radius 2 is 1.86 bits per heavy atom. The van der Waals surface area contributed by atoms with E-state index in [1.165, 1.54) is 24.0 Å². The molecule has 0 atom stereocenters. The second-order valence-corrected chi connectivity index (χ2v) is 5.85. The first-order valence-electron chi connectivity index (χ1n) is 7.90. The topological polar surface area (TPSA) is 51.0 Å². The van der Waals surface area contributed by atoms with E-state index in [2.05, 4.69) is 46.7 Å². The molecule has 4 heteroatoms. The molecule has 0 unspecified atom stereocenters. The quantitative estimate of drug-likeness (QED) is 0.758. The lowest BCUT2D eigenvalue weighted by Gasteiger charge is -2.02. The highest BCUT2D eigenvalue weighted by molar-refractivity contribution is 5.25. The molecule has 1 N–H and O–H groups in total. The fourth-order valence-electron chi connectivity index (χ4n) is 2.46. The van der Waals surface area contributed by atoms with Crippen molar-refractivity contribution in [2.24, 2.45) is 0 Å². The average Bonchev–Trinajstić information content (AvgIpc) is 3.21. The molecular weight excluding hydrogens is 262 g/mol. The van der Waals surface area contributed by atoms with E-state index in [4.69, 9.17) is 4.42 Å². The Morgan fingerprint density at radius 3 is 2.62 bits per heavy atom. The van der Waals surface area contributed by atoms with Crippen LogP contribution < -0.4 is 5.32 Å². The van der Waals surface area contributed by atoms with E-state index in [1.807, 2.05) is 0 Å². The van der Waals surface area contributed by atoms with Crippen LogP contribution in [-0.4, -0.2) is 22.8 Å². The van der Waals surface area contributed by atoms with Crippen LogP contribution in [0.5, 0.6) is 0 Å². The molecule has 0 bridgehead atoms. The van der Waals surface area contributed by atoms with Crippen LogP contribution in [0.3, 0.4) is 0 Å². The zero-order chi connectivity index (χ0) is 14.5. The first-order chi connectivity index (χ1) is 10.3. The Hall–Kier alpha value is -1.68. The second kappa shape index (κ2) is 6.85. The molecule has 1 fully saturated rings. The second-order valence-electron chi connectivity index (χ2n) is 5.85. The van der Waals surface area contributed by atoms with Crippen molar-refractivity contribution < 1.29 is 4.42 Å². The van der Waals surface area contributed by atoms with Gasteiger partial charge in [-0.25, -0.2) is 0 Å². The molecule has 2 aromatic rings. The minimum Gasteiger partial charge on any atom is -0.425 e. The minimum atomic E-state index is 0.753. The van der Waals surface area contributed by atoms with Crippen LogP contribution in [0.1, 0.15) is 42.2 Å². The van der Waals surface area contributed by atoms with Gasteiger partial charge in [0.1, 0.15) is 0 Å². The van der Waals surface area contributed by atoms with Gasteiger partial charge < -0.3 is 9.73 Å². The van der Waals surface area contributed by atoms with Crippen molar-refractivity contribution in [1.29, 1.82) is 0 Å². The number of hydrogen-bond donors (Lipinski definition) is 1. The zero-order valence-corrected chi connectivity index (χ0v) is 12.6. The maximum atomic E-state index is 5.72. The summed E-state index contributed by atoms with van der Waals surface area (Å²) in [6, 6.07) is 9.23. The number of rotatable bonds is 8. The standard InChI is InChI=1S/C17H23N3O/c1-13-5-2-3-6-14(13)8-11-17-20-19-16(21-17)7-4-12-18-15-9-10-15/h2-3,5-6,15,18H,4,7-12H2,1H3. The zero-order valence-electron chi connectivity index (χ0n) is 12.6. The Balaban J connectivity index is 1.42. The lowest BCUT2D eigenvalue weighted by Crippen LogP contribution is -2.17. The van der Waals surface area contributed by atoms with Crippen LogP contribution in [0.2, 0.25) is 0 Å². The van der Waals surface area contributed by atoms with E-state index in [0.29, 0.717) is 0 Å². The molecule has 3 rings (SSSR count). The highest BCUT2D eigenvalue weighted by Crippen LogP contribution is 2.18. The number of hydrogen-bond acceptors (Lipinski definition) is 4. The maximum absolute atomic E-state index is 5.72. The smallest absolute Gasteiger partial charge is 0.216 e. The highest BCUT2D eigenvalue weighted by Gasteiger charge is 2.19. The predicted molar refractivity (Wildman–Crippen MR) is 82.2 cm³/mol. The van der Waals surface area contributed by atoms with Crippen molar-refractivity contribution in [1.82, 2.24) is 15.5 Å². The van der Waals surface area contributed by atoms with E-state index < -0.39 is 0 Å². The van der Waals surface area contributed by atoms with Gasteiger partial charge in [-0.15, -0.1) is 10.2 Å². The fraction of sp³-hybridized carbons (Fsp3) is 0.529. The predicted octanol–water partition coefficient (Wildman–Crippen LogP) is 2.85. The largest absolute Gasteiger partial charge is 0.425 e. The number of nitrogens with zero attached hydrogens (tertiary/aromatic N) is 2. The number of aromatic nitrogens is 2. The van der Waals surface area contributed by atoms with Crippen LogP contribution in [0.15, 0.2) is 28.7 Å². The molecule has 1 heterocycles. The number of aryl methyl sites for hydroxylation is 4. The fourth-order valence-corrected chi connectivity index (χ4v) is 2.46. The van der Waals surface area contributed by atoms with Gasteiger partial charge in [0.15, 0.2) is 0 Å². The summed E-state index contributed by atoms with van der Waals surface area (Å²) in [6.45, 7) is 3.19. The minimum absolute atomic E-state index is 0.753. The molecule has 0 amide bonds. The third kappa shape index (κ3) is 4.39. The van der Waals surface area contributed by atoms with Crippen LogP contribution in [0.25, 0.3) is 0 Å². The SMILES string of the molecule is Cc1ccccc1CCc1nnc(CCCNC2CC2)o1. The third-order valence-electron chi connectivity index (χ3n) is 3.96. The molecule has 112 valence electrons. The number of benzene rings is 1. The molecule has 1 saturated carbocycles. The lowest BCUT2D eigenvalue weighted by atomic mass is 10.0. The highest BCUT2D eigenvalue weighted by atomic mass is 16.4. The van der Waals surface area contributed by atoms with Gasteiger partial charge >= 0.3 is 0 Å². The van der Waals surface area contributed by atoms with Gasteiger partial charge in [-0.05, 0) is 50.3 Å². The van der Waals surface area contributed by atoms with Crippen molar-refractivity contribution in [3.63, 3.8) is 0 Å². The van der Waals surface area contributed by atoms with Gasteiger partial charge in [0.2, 0.25) is 11.8 Å². The van der Waals surface area contributed by atoms with Crippen molar-refractivity contribution in [3.8, 4) is 0 Å². The summed E-state index contributed by atoms with van der Waals surface area (Å²) in [7, 11) is 0. The monoisotopic (exact) mass is 285 g/mol. The summed E-state index contributed by atoms with van der Waals surface area (Å²) in [5, 5.41) is 11.8. The van der Waals surface area contributed by atoms with E-state index in [1.54, 1.807) is 0 Å². The molecule has 0 saturated heterocycles. The summed E-state index contributed by atoms with van der Waals surface area (Å²) in [5.41, 5.74) is 2.68. The molecule has 21 heavy (non-hydrogen) atoms. The van der Waals surface area contributed by atoms with Gasteiger partial charge in [-0.1, -0.05) is 24.3 Å². The summed E-state index contributed by atoms with van der Waals surface area (Å²) in [4.78, 5) is 0. The lowest BCUT2D eigenvalue weighted by molar-refractivity contribution is 0.441. The van der Waals surface area contributed by atoms with Crippen LogP contribution in [0.4, 0.5) is 0 Å². The average molecular weight is 285 g/mol. The molecule has 0 radical (unpaired) electrons. The van der Waals surface area contributed by atoms with Gasteiger partial charge in [-0.2, -0.15) is 0 Å². The van der Waals surface area contributed by atoms with Crippen LogP contribution >= 0.6 is 0 Å². The molecule has 4 nitrogen and oxygen atoms in total. The van der Waals surface area contributed by atoms with E-state index in [0.717, 1.165) is 50.1 Å². The van der Waals surface area contributed by atoms with Crippen molar-refractivity contribution in [3.05, 3.63) is 47.2 Å². The summed E-state index contributed by atoms with van der Waals surface area (Å²) in [6.07, 6.45) is 6.38. The Labute approximate surface area is 126 Å². The molecule has 1 aromatic heterocycles. The first-order valence-corrected chi connectivity index (χ1v) is 7.90. The number of nitrogens with one attached hydrogen (secondary N) is 1. The molecule has 1 aromatic carbocycles. The van der Waals surface area contributed by atoms with E-state index in [-0.39, 0.29) is 0 Å². The maximum Gasteiger partial charge on any atom is 0.216 e. The van der Waals surface area contributed by atoms with Gasteiger partial charge in [0.05, 0.1) is 0 Å². The van der Waals surface area contributed by atoms with Crippen molar-refractivity contribution in [2.75, 3.05) is 6.54 Å². The Kier molecular flexibility index (Phi) is 4.65. The molecule has 0 spiro atoms. The van der Waals surface area contributed by atoms with Gasteiger partial charge in [0, 0.05) is 18.9 Å². The van der Waals surface area contributed by atoms with Crippen molar-refractivity contribution in [2.45, 2.75) is 51.5 Å². The van der Waals surface area contributed by atoms with E-state index in [9.17, 15) is 0 Å². The molecule has 0 aliphatic heterocycles. The summed E-state index contributed by atoms with van der Waals surface area (Å²) < 4.78 is 5.72. The normalized spacial score (nSPS) is 14.5. The Bertz CT molecular complexity index is 575. The molecule has 1 aliphatic rings. The van der Waals surface area contributed by atoms with Crippen LogP contribution in [0, 0.1) is 6.92 Å². The van der Waals surface area contributed by atoms with Gasteiger partial charge in [0.25, 0.3) is 0 Å². The Morgan fingerprint density at radius 1 is 1.10 bits per heavy atom.